The van der Waals surface area contributed by atoms with Crippen molar-refractivity contribution in [1.29, 1.82) is 0 Å². The van der Waals surface area contributed by atoms with Crippen molar-refractivity contribution >= 4 is 5.82 Å². The summed E-state index contributed by atoms with van der Waals surface area (Å²) in [5, 5.41) is 0. The van der Waals surface area contributed by atoms with Gasteiger partial charge in [0.1, 0.15) is 5.82 Å². The van der Waals surface area contributed by atoms with Crippen LogP contribution in [0.1, 0.15) is 51.5 Å². The number of pyridine rings is 2. The number of methoxy groups -OCH3 is 1. The zero-order valence-corrected chi connectivity index (χ0v) is 19.0. The molecule has 7 heteroatoms. The third kappa shape index (κ3) is 3.69. The molecule has 4 fully saturated rings. The molecule has 0 spiro atoms. The summed E-state index contributed by atoms with van der Waals surface area (Å²) in [5.41, 5.74) is 1.52. The summed E-state index contributed by atoms with van der Waals surface area (Å²) < 4.78 is 17.5. The fraction of sp³-hybridized carbons (Fsp3) is 0.583. The summed E-state index contributed by atoms with van der Waals surface area (Å²) in [6.45, 7) is 11.2. The third-order valence-corrected chi connectivity index (χ3v) is 7.34. The van der Waals surface area contributed by atoms with E-state index in [1.807, 2.05) is 18.5 Å². The minimum Gasteiger partial charge on any atom is -0.481 e. The Morgan fingerprint density at radius 1 is 0.968 bits per heavy atom. The van der Waals surface area contributed by atoms with Crippen molar-refractivity contribution in [1.82, 2.24) is 14.9 Å². The van der Waals surface area contributed by atoms with Crippen LogP contribution in [0.4, 0.5) is 5.82 Å². The molecule has 0 saturated carbocycles. The fourth-order valence-corrected chi connectivity index (χ4v) is 4.67. The largest absolute Gasteiger partial charge is 0.481 e. The number of ether oxygens (including phenoxy) is 3. The van der Waals surface area contributed by atoms with E-state index in [0.717, 1.165) is 31.0 Å². The number of nitrogens with zero attached hydrogens (tertiary/aromatic N) is 4. The van der Waals surface area contributed by atoms with Gasteiger partial charge in [0.15, 0.2) is 6.29 Å². The Morgan fingerprint density at radius 3 is 2.23 bits per heavy atom. The van der Waals surface area contributed by atoms with Crippen LogP contribution in [0.15, 0.2) is 36.7 Å². The molecule has 2 bridgehead atoms. The zero-order chi connectivity index (χ0) is 21.8. The van der Waals surface area contributed by atoms with Crippen molar-refractivity contribution in [3.05, 3.63) is 47.8 Å². The molecule has 0 aliphatic carbocycles. The normalized spacial score (nSPS) is 27.2. The first-order valence-corrected chi connectivity index (χ1v) is 11.1. The molecule has 6 rings (SSSR count). The van der Waals surface area contributed by atoms with Crippen molar-refractivity contribution in [2.45, 2.75) is 70.2 Å². The summed E-state index contributed by atoms with van der Waals surface area (Å²) in [6, 6.07) is 9.35. The average Bonchev–Trinajstić information content (AvgIpc) is 2.99. The molecule has 2 aromatic heterocycles. The van der Waals surface area contributed by atoms with Gasteiger partial charge in [-0.1, -0.05) is 6.07 Å². The Balaban J connectivity index is 1.20. The van der Waals surface area contributed by atoms with Gasteiger partial charge in [0.25, 0.3) is 0 Å². The first-order valence-electron chi connectivity index (χ1n) is 11.1. The summed E-state index contributed by atoms with van der Waals surface area (Å²) in [4.78, 5) is 14.1. The van der Waals surface area contributed by atoms with Gasteiger partial charge in [-0.05, 0) is 51.8 Å². The Labute approximate surface area is 184 Å². The topological polar surface area (TPSA) is 60.0 Å². The molecule has 2 unspecified atom stereocenters. The fourth-order valence-electron chi connectivity index (χ4n) is 4.67. The van der Waals surface area contributed by atoms with Gasteiger partial charge in [-0.15, -0.1) is 0 Å². The smallest absolute Gasteiger partial charge is 0.212 e. The molecule has 0 N–H and O–H groups in total. The van der Waals surface area contributed by atoms with E-state index in [0.29, 0.717) is 18.0 Å². The van der Waals surface area contributed by atoms with Gasteiger partial charge in [0.2, 0.25) is 5.88 Å². The molecule has 2 aromatic rings. The molecule has 4 saturated heterocycles. The highest BCUT2D eigenvalue weighted by Crippen LogP contribution is 2.44. The zero-order valence-electron chi connectivity index (χ0n) is 19.0. The van der Waals surface area contributed by atoms with Gasteiger partial charge >= 0.3 is 0 Å². The number of fused-ring (bicyclic) bond motifs is 2. The lowest BCUT2D eigenvalue weighted by Gasteiger charge is -2.56. The SMILES string of the molecule is COc1ccc(CN2C3CC2CN(c2ccc(C4OC(C)(C)C(C)(C)O4)cn2)C3)cn1. The summed E-state index contributed by atoms with van der Waals surface area (Å²) in [6.07, 6.45) is 4.71. The Kier molecular flexibility index (Phi) is 4.95. The van der Waals surface area contributed by atoms with Crippen molar-refractivity contribution in [2.75, 3.05) is 25.1 Å². The standard InChI is InChI=1S/C24H32N4O3/c1-23(2)24(3,4)31-22(30-23)17-7-8-20(25-12-17)27-14-18-10-19(15-27)28(18)13-16-6-9-21(29-5)26-11-16/h6-9,11-12,18-19,22H,10,13-15H2,1-5H3. The van der Waals surface area contributed by atoms with Crippen LogP contribution in [0, 0.1) is 0 Å². The lowest BCUT2D eigenvalue weighted by Crippen LogP contribution is -2.68. The van der Waals surface area contributed by atoms with Crippen molar-refractivity contribution in [3.8, 4) is 5.88 Å². The predicted octanol–water partition coefficient (Wildman–Crippen LogP) is 3.55. The lowest BCUT2D eigenvalue weighted by atomic mass is 9.87. The summed E-state index contributed by atoms with van der Waals surface area (Å²) in [5.74, 6) is 1.69. The van der Waals surface area contributed by atoms with Crippen LogP contribution in [-0.4, -0.2) is 58.4 Å². The van der Waals surface area contributed by atoms with Gasteiger partial charge in [0.05, 0.1) is 18.3 Å². The highest BCUT2D eigenvalue weighted by Gasteiger charge is 2.49. The van der Waals surface area contributed by atoms with Crippen molar-refractivity contribution < 1.29 is 14.2 Å². The highest BCUT2D eigenvalue weighted by atomic mass is 16.7. The second-order valence-electron chi connectivity index (χ2n) is 9.87. The Bertz CT molecular complexity index is 901. The number of rotatable bonds is 5. The van der Waals surface area contributed by atoms with Crippen LogP contribution in [-0.2, 0) is 16.0 Å². The van der Waals surface area contributed by atoms with Crippen LogP contribution < -0.4 is 9.64 Å². The molecule has 0 aromatic carbocycles. The average molecular weight is 425 g/mol. The van der Waals surface area contributed by atoms with Crippen LogP contribution in [0.5, 0.6) is 5.88 Å². The molecule has 0 amide bonds. The molecule has 0 radical (unpaired) electrons. The number of aromatic nitrogens is 2. The summed E-state index contributed by atoms with van der Waals surface area (Å²) in [7, 11) is 1.65. The van der Waals surface area contributed by atoms with Gasteiger partial charge in [-0.2, -0.15) is 0 Å². The molecule has 4 aliphatic rings. The second kappa shape index (κ2) is 7.43. The van der Waals surface area contributed by atoms with E-state index in [9.17, 15) is 0 Å². The van der Waals surface area contributed by atoms with Crippen molar-refractivity contribution in [3.63, 3.8) is 0 Å². The number of piperidine rings is 1. The maximum Gasteiger partial charge on any atom is 0.212 e. The van der Waals surface area contributed by atoms with Crippen molar-refractivity contribution in [2.24, 2.45) is 0 Å². The Hall–Kier alpha value is -2.22. The van der Waals surface area contributed by atoms with E-state index in [1.54, 1.807) is 7.11 Å². The highest BCUT2D eigenvalue weighted by molar-refractivity contribution is 5.42. The predicted molar refractivity (Wildman–Crippen MR) is 118 cm³/mol. The molecule has 7 nitrogen and oxygen atoms in total. The third-order valence-electron chi connectivity index (χ3n) is 7.34. The van der Waals surface area contributed by atoms with Crippen LogP contribution in [0.25, 0.3) is 0 Å². The number of hydrogen-bond donors (Lipinski definition) is 0. The van der Waals surface area contributed by atoms with Gasteiger partial charge < -0.3 is 19.1 Å². The maximum absolute atomic E-state index is 6.15. The van der Waals surface area contributed by atoms with E-state index < -0.39 is 0 Å². The first kappa shape index (κ1) is 20.7. The first-order chi connectivity index (χ1) is 14.8. The quantitative estimate of drug-likeness (QED) is 0.727. The van der Waals surface area contributed by atoms with Gasteiger partial charge in [-0.3, -0.25) is 4.90 Å². The van der Waals surface area contributed by atoms with Gasteiger partial charge in [-0.25, -0.2) is 9.97 Å². The number of piperazine rings is 1. The molecular weight excluding hydrogens is 392 g/mol. The second-order valence-corrected chi connectivity index (χ2v) is 9.87. The number of anilines is 1. The van der Waals surface area contributed by atoms with Crippen LogP contribution in [0.3, 0.4) is 0 Å². The summed E-state index contributed by atoms with van der Waals surface area (Å²) >= 11 is 0. The lowest BCUT2D eigenvalue weighted by molar-refractivity contribution is -0.0897. The molecule has 4 aliphatic heterocycles. The van der Waals surface area contributed by atoms with E-state index in [1.165, 1.54) is 12.0 Å². The molecule has 6 heterocycles. The monoisotopic (exact) mass is 424 g/mol. The minimum absolute atomic E-state index is 0.340. The van der Waals surface area contributed by atoms with Crippen LogP contribution >= 0.6 is 0 Å². The Morgan fingerprint density at radius 2 is 1.68 bits per heavy atom. The van der Waals surface area contributed by atoms with E-state index in [4.69, 9.17) is 19.2 Å². The van der Waals surface area contributed by atoms with Gasteiger partial charge in [0, 0.05) is 55.7 Å². The minimum atomic E-state index is -0.366. The van der Waals surface area contributed by atoms with E-state index in [2.05, 4.69) is 60.7 Å². The number of hydrogen-bond acceptors (Lipinski definition) is 7. The molecule has 2 atom stereocenters. The van der Waals surface area contributed by atoms with E-state index >= 15 is 0 Å². The molecular formula is C24H32N4O3. The van der Waals surface area contributed by atoms with Crippen LogP contribution in [0.2, 0.25) is 0 Å². The maximum atomic E-state index is 6.15. The molecule has 31 heavy (non-hydrogen) atoms. The molecule has 166 valence electrons. The van der Waals surface area contributed by atoms with E-state index in [-0.39, 0.29) is 17.5 Å².